The Morgan fingerprint density at radius 3 is 2.65 bits per heavy atom. The van der Waals surface area contributed by atoms with Crippen molar-refractivity contribution in [2.75, 3.05) is 33.9 Å². The highest BCUT2D eigenvalue weighted by Crippen LogP contribution is 2.26. The molecule has 9 heteroatoms. The summed E-state index contributed by atoms with van der Waals surface area (Å²) in [7, 11) is 3.05. The van der Waals surface area contributed by atoms with E-state index in [1.54, 1.807) is 42.6 Å². The van der Waals surface area contributed by atoms with Crippen LogP contribution in [-0.4, -0.2) is 61.5 Å². The van der Waals surface area contributed by atoms with Crippen molar-refractivity contribution >= 4 is 17.7 Å². The quantitative estimate of drug-likeness (QED) is 0.672. The Morgan fingerprint density at radius 2 is 1.91 bits per heavy atom. The molecule has 3 rings (SSSR count). The molecule has 9 nitrogen and oxygen atoms in total. The van der Waals surface area contributed by atoms with Gasteiger partial charge in [0.15, 0.2) is 0 Å². The van der Waals surface area contributed by atoms with Crippen LogP contribution in [0.15, 0.2) is 42.7 Å². The maximum Gasteiger partial charge on any atom is 0.257 e. The van der Waals surface area contributed by atoms with E-state index >= 15 is 0 Å². The third-order valence-corrected chi connectivity index (χ3v) is 5.92. The van der Waals surface area contributed by atoms with Crippen LogP contribution >= 0.6 is 0 Å². The number of carbonyl (C=O) groups is 3. The zero-order valence-corrected chi connectivity index (χ0v) is 19.7. The van der Waals surface area contributed by atoms with E-state index in [0.717, 1.165) is 5.56 Å². The molecule has 1 fully saturated rings. The minimum Gasteiger partial charge on any atom is -0.497 e. The van der Waals surface area contributed by atoms with Crippen LogP contribution in [-0.2, 0) is 16.1 Å². The molecule has 0 spiro atoms. The number of aromatic nitrogens is 1. The van der Waals surface area contributed by atoms with E-state index in [-0.39, 0.29) is 30.1 Å². The van der Waals surface area contributed by atoms with Gasteiger partial charge >= 0.3 is 0 Å². The lowest BCUT2D eigenvalue weighted by molar-refractivity contribution is -0.126. The second kappa shape index (κ2) is 12.6. The number of pyridine rings is 1. The molecule has 2 heterocycles. The van der Waals surface area contributed by atoms with Crippen LogP contribution in [0.25, 0.3) is 0 Å². The molecule has 1 aromatic heterocycles. The van der Waals surface area contributed by atoms with Crippen molar-refractivity contribution < 1.29 is 23.9 Å². The molecule has 182 valence electrons. The van der Waals surface area contributed by atoms with Gasteiger partial charge in [0, 0.05) is 57.0 Å². The standard InChI is InChI=1S/C25H32N4O5/c1-33-20-5-6-21(22(16-20)34-2)25(32)29-14-3-4-19(9-13-27-23(30)10-15-29)24(31)28-17-18-7-11-26-12-8-18/h5-8,11-12,16,19H,3-4,9-10,13-15,17H2,1-2H3,(H,27,30)(H,28,31). The van der Waals surface area contributed by atoms with Gasteiger partial charge in [-0.15, -0.1) is 0 Å². The Balaban J connectivity index is 1.67. The Bertz CT molecular complexity index is 983. The smallest absolute Gasteiger partial charge is 0.257 e. The van der Waals surface area contributed by atoms with Gasteiger partial charge in [-0.05, 0) is 49.1 Å². The molecule has 1 aliphatic heterocycles. The first kappa shape index (κ1) is 25.0. The van der Waals surface area contributed by atoms with E-state index in [0.29, 0.717) is 62.5 Å². The topological polar surface area (TPSA) is 110 Å². The number of benzene rings is 1. The molecule has 34 heavy (non-hydrogen) atoms. The number of carbonyl (C=O) groups excluding carboxylic acids is 3. The Morgan fingerprint density at radius 1 is 1.12 bits per heavy atom. The summed E-state index contributed by atoms with van der Waals surface area (Å²) in [5.41, 5.74) is 1.38. The van der Waals surface area contributed by atoms with E-state index in [1.165, 1.54) is 7.11 Å². The summed E-state index contributed by atoms with van der Waals surface area (Å²) in [6, 6.07) is 8.75. The highest BCUT2D eigenvalue weighted by Gasteiger charge is 2.24. The van der Waals surface area contributed by atoms with Gasteiger partial charge in [-0.25, -0.2) is 0 Å². The highest BCUT2D eigenvalue weighted by atomic mass is 16.5. The van der Waals surface area contributed by atoms with Gasteiger partial charge in [-0.3, -0.25) is 19.4 Å². The molecule has 1 aliphatic rings. The first-order valence-electron chi connectivity index (χ1n) is 11.5. The summed E-state index contributed by atoms with van der Waals surface area (Å²) in [5, 5.41) is 5.85. The average Bonchev–Trinajstić information content (AvgIpc) is 2.91. The van der Waals surface area contributed by atoms with Crippen molar-refractivity contribution in [3.05, 3.63) is 53.9 Å². The monoisotopic (exact) mass is 468 g/mol. The van der Waals surface area contributed by atoms with Gasteiger partial charge in [0.05, 0.1) is 19.8 Å². The van der Waals surface area contributed by atoms with Crippen molar-refractivity contribution in [1.82, 2.24) is 20.5 Å². The summed E-state index contributed by atoms with van der Waals surface area (Å²) in [5.74, 6) is 0.331. The van der Waals surface area contributed by atoms with Crippen molar-refractivity contribution in [1.29, 1.82) is 0 Å². The van der Waals surface area contributed by atoms with Crippen LogP contribution < -0.4 is 20.1 Å². The zero-order valence-electron chi connectivity index (χ0n) is 19.7. The van der Waals surface area contributed by atoms with Crippen LogP contribution in [0.3, 0.4) is 0 Å². The fourth-order valence-corrected chi connectivity index (χ4v) is 3.94. The lowest BCUT2D eigenvalue weighted by Crippen LogP contribution is -2.36. The average molecular weight is 469 g/mol. The minimum atomic E-state index is -0.257. The summed E-state index contributed by atoms with van der Waals surface area (Å²) >= 11 is 0. The molecular weight excluding hydrogens is 436 g/mol. The van der Waals surface area contributed by atoms with Gasteiger partial charge in [0.25, 0.3) is 5.91 Å². The lowest BCUT2D eigenvalue weighted by atomic mass is 9.97. The highest BCUT2D eigenvalue weighted by molar-refractivity contribution is 5.97. The van der Waals surface area contributed by atoms with E-state index in [1.807, 2.05) is 12.1 Å². The largest absolute Gasteiger partial charge is 0.497 e. The van der Waals surface area contributed by atoms with Crippen LogP contribution in [0.4, 0.5) is 0 Å². The molecule has 1 saturated heterocycles. The molecule has 0 radical (unpaired) electrons. The number of amides is 3. The van der Waals surface area contributed by atoms with Gasteiger partial charge in [-0.2, -0.15) is 0 Å². The van der Waals surface area contributed by atoms with Gasteiger partial charge in [0.1, 0.15) is 11.5 Å². The van der Waals surface area contributed by atoms with Gasteiger partial charge < -0.3 is 25.0 Å². The second-order valence-electron chi connectivity index (χ2n) is 8.16. The van der Waals surface area contributed by atoms with Crippen LogP contribution in [0.2, 0.25) is 0 Å². The normalized spacial score (nSPS) is 17.2. The lowest BCUT2D eigenvalue weighted by Gasteiger charge is -2.24. The number of nitrogens with one attached hydrogen (secondary N) is 2. The van der Waals surface area contributed by atoms with Gasteiger partial charge in [0.2, 0.25) is 11.8 Å². The fourth-order valence-electron chi connectivity index (χ4n) is 3.94. The first-order valence-corrected chi connectivity index (χ1v) is 11.5. The summed E-state index contributed by atoms with van der Waals surface area (Å²) in [6.07, 6.45) is 5.38. The Labute approximate surface area is 199 Å². The number of hydrogen-bond acceptors (Lipinski definition) is 6. The number of rotatable bonds is 6. The van der Waals surface area contributed by atoms with Gasteiger partial charge in [-0.1, -0.05) is 0 Å². The molecule has 2 aromatic rings. The number of nitrogens with zero attached hydrogens (tertiary/aromatic N) is 2. The molecule has 2 N–H and O–H groups in total. The predicted molar refractivity (Wildman–Crippen MR) is 127 cm³/mol. The number of methoxy groups -OCH3 is 2. The summed E-state index contributed by atoms with van der Waals surface area (Å²) < 4.78 is 10.6. The third-order valence-electron chi connectivity index (χ3n) is 5.92. The van der Waals surface area contributed by atoms with Crippen molar-refractivity contribution in [2.24, 2.45) is 5.92 Å². The van der Waals surface area contributed by atoms with E-state index < -0.39 is 0 Å². The Hall–Kier alpha value is -3.62. The number of hydrogen-bond donors (Lipinski definition) is 2. The zero-order chi connectivity index (χ0) is 24.3. The molecule has 1 atom stereocenters. The minimum absolute atomic E-state index is 0.0555. The van der Waals surface area contributed by atoms with E-state index in [9.17, 15) is 14.4 Å². The van der Waals surface area contributed by atoms with Crippen molar-refractivity contribution in [2.45, 2.75) is 32.2 Å². The molecule has 0 aliphatic carbocycles. The number of ether oxygens (including phenoxy) is 2. The van der Waals surface area contributed by atoms with Crippen LogP contribution in [0.5, 0.6) is 11.5 Å². The molecule has 1 aromatic carbocycles. The third kappa shape index (κ3) is 6.94. The molecule has 0 bridgehead atoms. The summed E-state index contributed by atoms with van der Waals surface area (Å²) in [4.78, 5) is 44.1. The molecule has 1 unspecified atom stereocenters. The SMILES string of the molecule is COc1ccc(C(=O)N2CCCC(C(=O)NCc3ccncc3)CCNC(=O)CC2)c(OC)c1. The molecule has 3 amide bonds. The Kier molecular flexibility index (Phi) is 9.25. The van der Waals surface area contributed by atoms with E-state index in [4.69, 9.17) is 9.47 Å². The maximum atomic E-state index is 13.3. The van der Waals surface area contributed by atoms with E-state index in [2.05, 4.69) is 15.6 Å². The predicted octanol–water partition coefficient (Wildman–Crippen LogP) is 2.16. The fraction of sp³-hybridized carbons (Fsp3) is 0.440. The van der Waals surface area contributed by atoms with Crippen molar-refractivity contribution in [3.8, 4) is 11.5 Å². The molecule has 0 saturated carbocycles. The van der Waals surface area contributed by atoms with Crippen molar-refractivity contribution in [3.63, 3.8) is 0 Å². The summed E-state index contributed by atoms with van der Waals surface area (Å²) in [6.45, 7) is 1.58. The van der Waals surface area contributed by atoms with Crippen LogP contribution in [0, 0.1) is 5.92 Å². The second-order valence-corrected chi connectivity index (χ2v) is 8.16. The maximum absolute atomic E-state index is 13.3. The first-order chi connectivity index (χ1) is 16.5. The van der Waals surface area contributed by atoms with Crippen LogP contribution in [0.1, 0.15) is 41.6 Å². The molecular formula is C25H32N4O5.